The molecule has 200 valence electrons. The fourth-order valence-electron chi connectivity index (χ4n) is 4.59. The molecule has 8 nitrogen and oxygen atoms in total. The summed E-state index contributed by atoms with van der Waals surface area (Å²) >= 11 is 5.95. The number of hydrogen-bond donors (Lipinski definition) is 2. The smallest absolute Gasteiger partial charge is 0.248 e. The molecular formula is C28H31ClFN5O3. The third-order valence-electron chi connectivity index (χ3n) is 6.82. The van der Waals surface area contributed by atoms with Crippen LogP contribution in [-0.4, -0.2) is 60.2 Å². The van der Waals surface area contributed by atoms with E-state index in [-0.39, 0.29) is 10.9 Å². The number of nitrogens with one attached hydrogen (secondary N) is 2. The summed E-state index contributed by atoms with van der Waals surface area (Å²) in [5.41, 5.74) is 1.75. The van der Waals surface area contributed by atoms with E-state index in [1.165, 1.54) is 18.5 Å². The number of halogens is 2. The molecule has 1 amide bonds. The number of likely N-dealkylation sites (tertiary alicyclic amines) is 1. The fraction of sp³-hybridized carbons (Fsp3) is 0.393. The zero-order chi connectivity index (χ0) is 26.5. The van der Waals surface area contributed by atoms with Crippen molar-refractivity contribution in [2.75, 3.05) is 44.0 Å². The van der Waals surface area contributed by atoms with Gasteiger partial charge in [-0.2, -0.15) is 0 Å². The van der Waals surface area contributed by atoms with Gasteiger partial charge in [-0.1, -0.05) is 17.7 Å². The van der Waals surface area contributed by atoms with Gasteiger partial charge in [-0.25, -0.2) is 14.4 Å². The Morgan fingerprint density at radius 2 is 2.08 bits per heavy atom. The number of nitrogens with zero attached hydrogens (tertiary/aromatic N) is 3. The molecule has 0 radical (unpaired) electrons. The molecule has 1 aliphatic carbocycles. The van der Waals surface area contributed by atoms with Gasteiger partial charge in [-0.15, -0.1) is 0 Å². The molecule has 1 aromatic heterocycles. The first-order chi connectivity index (χ1) is 18.5. The number of anilines is 3. The van der Waals surface area contributed by atoms with Crippen LogP contribution in [0.2, 0.25) is 5.02 Å². The van der Waals surface area contributed by atoms with Crippen LogP contribution in [0.1, 0.15) is 25.7 Å². The van der Waals surface area contributed by atoms with Crippen molar-refractivity contribution in [3.05, 3.63) is 59.7 Å². The van der Waals surface area contributed by atoms with Gasteiger partial charge in [0.05, 0.1) is 29.4 Å². The maximum absolute atomic E-state index is 13.6. The van der Waals surface area contributed by atoms with Gasteiger partial charge >= 0.3 is 0 Å². The molecule has 0 bridgehead atoms. The number of hydrogen-bond acceptors (Lipinski definition) is 7. The van der Waals surface area contributed by atoms with Gasteiger partial charge in [0.25, 0.3) is 0 Å². The molecule has 2 heterocycles. The van der Waals surface area contributed by atoms with Crippen LogP contribution >= 0.6 is 11.6 Å². The van der Waals surface area contributed by atoms with Crippen molar-refractivity contribution in [2.45, 2.75) is 31.7 Å². The highest BCUT2D eigenvalue weighted by Crippen LogP contribution is 2.36. The Kier molecular flexibility index (Phi) is 8.36. The number of rotatable bonds is 11. The fourth-order valence-corrected chi connectivity index (χ4v) is 4.77. The largest absolute Gasteiger partial charge is 0.491 e. The number of carbonyl (C=O) groups is 1. The maximum atomic E-state index is 13.6. The van der Waals surface area contributed by atoms with Crippen molar-refractivity contribution in [1.82, 2.24) is 14.9 Å². The Bertz CT molecular complexity index is 1330. The first-order valence-corrected chi connectivity index (χ1v) is 13.2. The van der Waals surface area contributed by atoms with Crippen LogP contribution in [0.5, 0.6) is 5.75 Å². The summed E-state index contributed by atoms with van der Waals surface area (Å²) in [7, 11) is 1.72. The van der Waals surface area contributed by atoms with Crippen LogP contribution in [0.25, 0.3) is 10.9 Å². The third kappa shape index (κ3) is 6.59. The van der Waals surface area contributed by atoms with E-state index in [0.717, 1.165) is 32.2 Å². The molecule has 1 aliphatic heterocycles. The highest BCUT2D eigenvalue weighted by molar-refractivity contribution is 6.31. The Hall–Kier alpha value is -3.27. The average molecular weight is 540 g/mol. The number of methoxy groups -OCH3 is 1. The van der Waals surface area contributed by atoms with Gasteiger partial charge in [0.1, 0.15) is 23.7 Å². The van der Waals surface area contributed by atoms with Crippen LogP contribution in [-0.2, 0) is 9.53 Å². The third-order valence-corrected chi connectivity index (χ3v) is 7.11. The zero-order valence-corrected chi connectivity index (χ0v) is 22.0. The van der Waals surface area contributed by atoms with Crippen molar-refractivity contribution >= 4 is 45.6 Å². The van der Waals surface area contributed by atoms with Crippen LogP contribution < -0.4 is 15.4 Å². The second-order valence-corrected chi connectivity index (χ2v) is 10.1. The number of aromatic nitrogens is 2. The molecule has 1 saturated carbocycles. The quantitative estimate of drug-likeness (QED) is 0.308. The molecule has 2 aromatic carbocycles. The number of carbonyl (C=O) groups excluding carboxylic acids is 1. The topological polar surface area (TPSA) is 88.6 Å². The van der Waals surface area contributed by atoms with E-state index < -0.39 is 5.82 Å². The van der Waals surface area contributed by atoms with Gasteiger partial charge in [0.15, 0.2) is 0 Å². The molecule has 5 rings (SSSR count). The minimum Gasteiger partial charge on any atom is -0.491 e. The van der Waals surface area contributed by atoms with Crippen LogP contribution in [0, 0.1) is 11.7 Å². The molecule has 3 aromatic rings. The van der Waals surface area contributed by atoms with Crippen LogP contribution in [0.4, 0.5) is 21.6 Å². The highest BCUT2D eigenvalue weighted by Gasteiger charge is 2.24. The van der Waals surface area contributed by atoms with E-state index in [9.17, 15) is 9.18 Å². The van der Waals surface area contributed by atoms with E-state index in [4.69, 9.17) is 21.1 Å². The maximum Gasteiger partial charge on any atom is 0.248 e. The molecule has 2 fully saturated rings. The predicted octanol–water partition coefficient (Wildman–Crippen LogP) is 5.56. The molecule has 0 unspecified atom stereocenters. The molecule has 2 N–H and O–H groups in total. The van der Waals surface area contributed by atoms with E-state index in [0.29, 0.717) is 65.6 Å². The minimum atomic E-state index is -0.501. The second kappa shape index (κ2) is 12.1. The van der Waals surface area contributed by atoms with Gasteiger partial charge in [-0.05, 0) is 62.4 Å². The monoisotopic (exact) mass is 539 g/mol. The Labute approximate surface area is 226 Å². The summed E-state index contributed by atoms with van der Waals surface area (Å²) in [5.74, 6) is 0.843. The zero-order valence-electron chi connectivity index (χ0n) is 21.3. The van der Waals surface area contributed by atoms with E-state index in [1.807, 2.05) is 6.08 Å². The Morgan fingerprint density at radius 1 is 1.21 bits per heavy atom. The van der Waals surface area contributed by atoms with E-state index >= 15 is 0 Å². The lowest BCUT2D eigenvalue weighted by molar-refractivity contribution is -0.111. The lowest BCUT2D eigenvalue weighted by Crippen LogP contribution is -2.33. The predicted molar refractivity (Wildman–Crippen MR) is 147 cm³/mol. The van der Waals surface area contributed by atoms with Crippen molar-refractivity contribution in [2.24, 2.45) is 5.92 Å². The van der Waals surface area contributed by atoms with E-state index in [2.05, 4.69) is 25.5 Å². The molecule has 1 atom stereocenters. The number of amides is 1. The average Bonchev–Trinajstić information content (AvgIpc) is 3.63. The van der Waals surface area contributed by atoms with Crippen molar-refractivity contribution < 1.29 is 18.7 Å². The Morgan fingerprint density at radius 3 is 2.87 bits per heavy atom. The highest BCUT2D eigenvalue weighted by atomic mass is 35.5. The summed E-state index contributed by atoms with van der Waals surface area (Å²) in [4.78, 5) is 24.0. The summed E-state index contributed by atoms with van der Waals surface area (Å²) in [5, 5.41) is 6.82. The summed E-state index contributed by atoms with van der Waals surface area (Å²) in [6, 6.07) is 8.34. The molecule has 38 heavy (non-hydrogen) atoms. The van der Waals surface area contributed by atoms with Crippen molar-refractivity contribution in [1.29, 1.82) is 0 Å². The first kappa shape index (κ1) is 26.3. The van der Waals surface area contributed by atoms with Crippen molar-refractivity contribution in [3.63, 3.8) is 0 Å². The SMILES string of the molecule is COC[C@H]1CCCN1CC=CC(=O)Nc1cc2c(Nc3ccc(F)c(Cl)c3)ncnc2cc1OCC1CC1. The summed E-state index contributed by atoms with van der Waals surface area (Å²) in [6.45, 7) is 2.97. The lowest BCUT2D eigenvalue weighted by Gasteiger charge is -2.21. The molecular weight excluding hydrogens is 509 g/mol. The number of benzene rings is 2. The first-order valence-electron chi connectivity index (χ1n) is 12.8. The lowest BCUT2D eigenvalue weighted by atomic mass is 10.1. The van der Waals surface area contributed by atoms with Crippen molar-refractivity contribution in [3.8, 4) is 5.75 Å². The molecule has 2 aliphatic rings. The van der Waals surface area contributed by atoms with Gasteiger partial charge in [0, 0.05) is 42.9 Å². The van der Waals surface area contributed by atoms with Gasteiger partial charge in [0.2, 0.25) is 5.91 Å². The van der Waals surface area contributed by atoms with Gasteiger partial charge in [-0.3, -0.25) is 9.69 Å². The standard InChI is InChI=1S/C28H31ClFN5O3/c1-37-16-20-4-2-10-35(20)11-3-5-27(36)34-25-13-21-24(14-26(25)38-15-18-6-7-18)31-17-32-28(21)33-19-8-9-23(30)22(29)12-19/h3,5,8-9,12-14,17-18,20H,2,4,6-7,10-11,15-16H2,1H3,(H,34,36)(H,31,32,33)/t20-/m1/s1. The number of fused-ring (bicyclic) bond motifs is 1. The van der Waals surface area contributed by atoms with Gasteiger partial charge < -0.3 is 20.1 Å². The second-order valence-electron chi connectivity index (χ2n) is 9.73. The summed E-state index contributed by atoms with van der Waals surface area (Å²) < 4.78 is 25.0. The summed E-state index contributed by atoms with van der Waals surface area (Å²) in [6.07, 6.45) is 9.41. The Balaban J connectivity index is 1.36. The minimum absolute atomic E-state index is 0.00587. The van der Waals surface area contributed by atoms with Crippen LogP contribution in [0.3, 0.4) is 0 Å². The van der Waals surface area contributed by atoms with E-state index in [1.54, 1.807) is 31.4 Å². The van der Waals surface area contributed by atoms with Crippen LogP contribution in [0.15, 0.2) is 48.8 Å². The molecule has 10 heteroatoms. The number of ether oxygens (including phenoxy) is 2. The molecule has 0 spiro atoms. The normalized spacial score (nSPS) is 17.8. The molecule has 1 saturated heterocycles.